The first-order valence-corrected chi connectivity index (χ1v) is 4.94. The van der Waals surface area contributed by atoms with Crippen molar-refractivity contribution >= 4 is 5.97 Å². The zero-order chi connectivity index (χ0) is 14.6. The highest BCUT2D eigenvalue weighted by molar-refractivity contribution is 5.90. The molecule has 0 aliphatic rings. The first-order valence-electron chi connectivity index (χ1n) is 4.94. The van der Waals surface area contributed by atoms with Crippen LogP contribution in [0.4, 0.5) is 13.2 Å². The van der Waals surface area contributed by atoms with Crippen molar-refractivity contribution < 1.29 is 32.2 Å². The SMILES string of the molecule is COC(=O)c1ncc(OC)c(OC(F)(F)F)c1CN. The summed E-state index contributed by atoms with van der Waals surface area (Å²) < 4.78 is 49.9. The molecule has 1 aromatic rings. The molecular formula is C10H11F3N2O4. The number of carbonyl (C=O) groups excluding carboxylic acids is 1. The number of nitrogens with zero attached hydrogens (tertiary/aromatic N) is 1. The fourth-order valence-corrected chi connectivity index (χ4v) is 1.35. The standard InChI is InChI=1S/C10H11F3N2O4/c1-17-6-4-15-7(9(16)18-2)5(3-14)8(6)19-10(11,12)13/h4H,3,14H2,1-2H3. The number of halogens is 3. The smallest absolute Gasteiger partial charge is 0.491 e. The molecule has 1 aromatic heterocycles. The minimum Gasteiger partial charge on any atom is -0.491 e. The van der Waals surface area contributed by atoms with E-state index in [1.807, 2.05) is 0 Å². The van der Waals surface area contributed by atoms with Crippen LogP contribution in [0.3, 0.4) is 0 Å². The van der Waals surface area contributed by atoms with E-state index in [9.17, 15) is 18.0 Å². The van der Waals surface area contributed by atoms with Crippen LogP contribution in [0.2, 0.25) is 0 Å². The van der Waals surface area contributed by atoms with Gasteiger partial charge in [0.05, 0.1) is 20.4 Å². The first kappa shape index (κ1) is 15.0. The monoisotopic (exact) mass is 280 g/mol. The maximum absolute atomic E-state index is 12.3. The van der Waals surface area contributed by atoms with Gasteiger partial charge in [-0.3, -0.25) is 0 Å². The van der Waals surface area contributed by atoms with Crippen molar-refractivity contribution in [3.63, 3.8) is 0 Å². The van der Waals surface area contributed by atoms with Crippen molar-refractivity contribution in [1.82, 2.24) is 4.98 Å². The van der Waals surface area contributed by atoms with Gasteiger partial charge < -0.3 is 19.9 Å². The molecule has 0 saturated heterocycles. The number of hydrogen-bond acceptors (Lipinski definition) is 6. The Labute approximate surface area is 106 Å². The van der Waals surface area contributed by atoms with Crippen LogP contribution in [0.15, 0.2) is 6.20 Å². The van der Waals surface area contributed by atoms with Crippen LogP contribution in [0.5, 0.6) is 11.5 Å². The number of ether oxygens (including phenoxy) is 3. The van der Waals surface area contributed by atoms with Crippen LogP contribution in [0.1, 0.15) is 16.1 Å². The third-order valence-electron chi connectivity index (χ3n) is 2.12. The number of alkyl halides is 3. The van der Waals surface area contributed by atoms with Gasteiger partial charge in [0.15, 0.2) is 17.2 Å². The van der Waals surface area contributed by atoms with Crippen molar-refractivity contribution in [3.05, 3.63) is 17.5 Å². The van der Waals surface area contributed by atoms with E-state index in [2.05, 4.69) is 14.5 Å². The molecule has 0 aliphatic carbocycles. The number of nitrogens with two attached hydrogens (primary N) is 1. The largest absolute Gasteiger partial charge is 0.573 e. The van der Waals surface area contributed by atoms with Gasteiger partial charge in [0, 0.05) is 12.1 Å². The van der Waals surface area contributed by atoms with Crippen LogP contribution in [-0.4, -0.2) is 31.5 Å². The summed E-state index contributed by atoms with van der Waals surface area (Å²) in [6, 6.07) is 0. The van der Waals surface area contributed by atoms with E-state index in [0.29, 0.717) is 0 Å². The van der Waals surface area contributed by atoms with E-state index >= 15 is 0 Å². The van der Waals surface area contributed by atoms with Gasteiger partial charge in [-0.2, -0.15) is 0 Å². The molecule has 0 aliphatic heterocycles. The predicted octanol–water partition coefficient (Wildman–Crippen LogP) is 1.23. The number of pyridine rings is 1. The van der Waals surface area contributed by atoms with Crippen molar-refractivity contribution in [3.8, 4) is 11.5 Å². The predicted molar refractivity (Wildman–Crippen MR) is 56.7 cm³/mol. The molecule has 0 atom stereocenters. The number of hydrogen-bond donors (Lipinski definition) is 1. The molecule has 19 heavy (non-hydrogen) atoms. The Morgan fingerprint density at radius 2 is 2.05 bits per heavy atom. The summed E-state index contributed by atoms with van der Waals surface area (Å²) in [4.78, 5) is 15.0. The average molecular weight is 280 g/mol. The van der Waals surface area contributed by atoms with Gasteiger partial charge in [-0.05, 0) is 0 Å². The lowest BCUT2D eigenvalue weighted by Crippen LogP contribution is -2.21. The molecule has 0 aromatic carbocycles. The van der Waals surface area contributed by atoms with E-state index in [1.54, 1.807) is 0 Å². The van der Waals surface area contributed by atoms with Gasteiger partial charge in [0.2, 0.25) is 0 Å². The minimum absolute atomic E-state index is 0.247. The first-order chi connectivity index (χ1) is 8.84. The van der Waals surface area contributed by atoms with Crippen LogP contribution < -0.4 is 15.2 Å². The van der Waals surface area contributed by atoms with E-state index in [4.69, 9.17) is 10.5 Å². The molecule has 6 nitrogen and oxygen atoms in total. The molecule has 0 spiro atoms. The van der Waals surface area contributed by atoms with E-state index < -0.39 is 24.6 Å². The summed E-state index contributed by atoms with van der Waals surface area (Å²) in [6.07, 6.45) is -4.03. The van der Waals surface area contributed by atoms with Crippen molar-refractivity contribution in [2.45, 2.75) is 12.9 Å². The number of aromatic nitrogens is 1. The average Bonchev–Trinajstić information content (AvgIpc) is 2.35. The Balaban J connectivity index is 3.41. The number of rotatable bonds is 4. The molecule has 0 radical (unpaired) electrons. The summed E-state index contributed by atoms with van der Waals surface area (Å²) in [6.45, 7) is -0.403. The molecule has 0 fully saturated rings. The topological polar surface area (TPSA) is 83.7 Å². The highest BCUT2D eigenvalue weighted by Crippen LogP contribution is 2.36. The van der Waals surface area contributed by atoms with Crippen LogP contribution in [0, 0.1) is 0 Å². The summed E-state index contributed by atoms with van der Waals surface area (Å²) in [5.74, 6) is -1.91. The molecule has 0 saturated carbocycles. The fourth-order valence-electron chi connectivity index (χ4n) is 1.35. The summed E-state index contributed by atoms with van der Waals surface area (Å²) in [5.41, 5.74) is 4.73. The Morgan fingerprint density at radius 1 is 1.42 bits per heavy atom. The fraction of sp³-hybridized carbons (Fsp3) is 0.400. The van der Waals surface area contributed by atoms with Crippen molar-refractivity contribution in [2.75, 3.05) is 14.2 Å². The Kier molecular flexibility index (Phi) is 4.54. The molecule has 2 N–H and O–H groups in total. The van der Waals surface area contributed by atoms with Gasteiger partial charge in [-0.25, -0.2) is 9.78 Å². The van der Waals surface area contributed by atoms with Gasteiger partial charge in [-0.1, -0.05) is 0 Å². The van der Waals surface area contributed by atoms with Crippen LogP contribution in [-0.2, 0) is 11.3 Å². The number of methoxy groups -OCH3 is 2. The molecule has 1 rings (SSSR count). The minimum atomic E-state index is -4.95. The van der Waals surface area contributed by atoms with Gasteiger partial charge in [0.25, 0.3) is 0 Å². The maximum atomic E-state index is 12.3. The number of esters is 1. The zero-order valence-electron chi connectivity index (χ0n) is 10.1. The Morgan fingerprint density at radius 3 is 2.47 bits per heavy atom. The molecule has 0 amide bonds. The van der Waals surface area contributed by atoms with Crippen LogP contribution in [0.25, 0.3) is 0 Å². The van der Waals surface area contributed by atoms with Crippen molar-refractivity contribution in [1.29, 1.82) is 0 Å². The van der Waals surface area contributed by atoms with Crippen molar-refractivity contribution in [2.24, 2.45) is 5.73 Å². The molecule has 9 heteroatoms. The highest BCUT2D eigenvalue weighted by atomic mass is 19.4. The molecular weight excluding hydrogens is 269 g/mol. The van der Waals surface area contributed by atoms with E-state index in [1.165, 1.54) is 0 Å². The molecule has 0 unspecified atom stereocenters. The molecule has 1 heterocycles. The second kappa shape index (κ2) is 5.74. The van der Waals surface area contributed by atoms with E-state index in [-0.39, 0.29) is 17.0 Å². The second-order valence-corrected chi connectivity index (χ2v) is 3.23. The third-order valence-corrected chi connectivity index (χ3v) is 2.12. The zero-order valence-corrected chi connectivity index (χ0v) is 10.1. The highest BCUT2D eigenvalue weighted by Gasteiger charge is 2.35. The Hall–Kier alpha value is -2.03. The number of carbonyl (C=O) groups is 1. The lowest BCUT2D eigenvalue weighted by molar-refractivity contribution is -0.275. The maximum Gasteiger partial charge on any atom is 0.573 e. The summed E-state index contributed by atoms with van der Waals surface area (Å²) >= 11 is 0. The second-order valence-electron chi connectivity index (χ2n) is 3.23. The summed E-state index contributed by atoms with van der Waals surface area (Å²) in [7, 11) is 2.21. The summed E-state index contributed by atoms with van der Waals surface area (Å²) in [5, 5.41) is 0. The lowest BCUT2D eigenvalue weighted by Gasteiger charge is -2.16. The normalized spacial score (nSPS) is 11.1. The van der Waals surface area contributed by atoms with Gasteiger partial charge in [0.1, 0.15) is 0 Å². The lowest BCUT2D eigenvalue weighted by atomic mass is 10.1. The molecule has 106 valence electrons. The Bertz CT molecular complexity index is 477. The quantitative estimate of drug-likeness (QED) is 0.835. The van der Waals surface area contributed by atoms with Gasteiger partial charge >= 0.3 is 12.3 Å². The van der Waals surface area contributed by atoms with E-state index in [0.717, 1.165) is 20.4 Å². The van der Waals surface area contributed by atoms with Gasteiger partial charge in [-0.15, -0.1) is 13.2 Å². The molecule has 0 bridgehead atoms. The van der Waals surface area contributed by atoms with Crippen LogP contribution >= 0.6 is 0 Å². The third kappa shape index (κ3) is 3.47.